The molecule has 4 heteroatoms. The van der Waals surface area contributed by atoms with Gasteiger partial charge in [0.2, 0.25) is 0 Å². The topological polar surface area (TPSA) is 34.1 Å². The van der Waals surface area contributed by atoms with Crippen LogP contribution in [0.1, 0.15) is 29.8 Å². The molecule has 15 heavy (non-hydrogen) atoms. The number of anilines is 1. The molecule has 0 aliphatic rings. The predicted octanol–water partition coefficient (Wildman–Crippen LogP) is 2.99. The van der Waals surface area contributed by atoms with E-state index in [-0.39, 0.29) is 0 Å². The second-order valence-corrected chi connectivity index (χ2v) is 4.84. The van der Waals surface area contributed by atoms with Gasteiger partial charge in [-0.15, -0.1) is 11.3 Å². The minimum Gasteiger partial charge on any atom is -0.385 e. The maximum absolute atomic E-state index is 5.00. The molecule has 3 nitrogen and oxygen atoms in total. The fourth-order valence-corrected chi connectivity index (χ4v) is 2.13. The van der Waals surface area contributed by atoms with Crippen LogP contribution in [-0.4, -0.2) is 25.2 Å². The normalized spacial score (nSPS) is 10.6. The van der Waals surface area contributed by atoms with Crippen LogP contribution in [-0.2, 0) is 4.74 Å². The van der Waals surface area contributed by atoms with Crippen LogP contribution in [0.25, 0.3) is 0 Å². The molecule has 0 fully saturated rings. The lowest BCUT2D eigenvalue weighted by atomic mass is 10.2. The van der Waals surface area contributed by atoms with Crippen molar-refractivity contribution in [1.82, 2.24) is 4.98 Å². The number of unbranched alkanes of at least 4 members (excludes halogenated alkanes) is 2. The Labute approximate surface area is 95.9 Å². The molecule has 1 aromatic heterocycles. The summed E-state index contributed by atoms with van der Waals surface area (Å²) in [6, 6.07) is 0. The molecule has 0 aromatic carbocycles. The Kier molecular flexibility index (Phi) is 5.65. The SMILES string of the molecule is COCCCCCNc1nc(C)c(C)s1. The fraction of sp³-hybridized carbons (Fsp3) is 0.727. The van der Waals surface area contributed by atoms with Crippen molar-refractivity contribution in [3.05, 3.63) is 10.6 Å². The zero-order valence-corrected chi connectivity index (χ0v) is 10.6. The van der Waals surface area contributed by atoms with E-state index in [4.69, 9.17) is 4.74 Å². The highest BCUT2D eigenvalue weighted by Gasteiger charge is 2.01. The third-order valence-corrected chi connectivity index (χ3v) is 3.36. The van der Waals surface area contributed by atoms with Gasteiger partial charge in [0.15, 0.2) is 5.13 Å². The predicted molar refractivity (Wildman–Crippen MR) is 65.8 cm³/mol. The highest BCUT2D eigenvalue weighted by Crippen LogP contribution is 2.20. The molecule has 0 aliphatic heterocycles. The Morgan fingerprint density at radius 3 is 2.67 bits per heavy atom. The number of aryl methyl sites for hydroxylation is 2. The van der Waals surface area contributed by atoms with Crippen LogP contribution in [0.3, 0.4) is 0 Å². The Hall–Kier alpha value is -0.610. The molecular weight excluding hydrogens is 208 g/mol. The zero-order valence-electron chi connectivity index (χ0n) is 9.80. The summed E-state index contributed by atoms with van der Waals surface area (Å²) in [4.78, 5) is 5.73. The third kappa shape index (κ3) is 4.62. The summed E-state index contributed by atoms with van der Waals surface area (Å²) in [6.07, 6.45) is 3.54. The monoisotopic (exact) mass is 228 g/mol. The smallest absolute Gasteiger partial charge is 0.183 e. The zero-order chi connectivity index (χ0) is 11.1. The van der Waals surface area contributed by atoms with E-state index in [0.717, 1.165) is 30.4 Å². The average Bonchev–Trinajstić information content (AvgIpc) is 2.52. The van der Waals surface area contributed by atoms with Crippen LogP contribution in [0, 0.1) is 13.8 Å². The summed E-state index contributed by atoms with van der Waals surface area (Å²) >= 11 is 1.74. The molecule has 0 radical (unpaired) electrons. The summed E-state index contributed by atoms with van der Waals surface area (Å²) < 4.78 is 5.00. The van der Waals surface area contributed by atoms with Crippen molar-refractivity contribution < 1.29 is 4.74 Å². The van der Waals surface area contributed by atoms with Crippen LogP contribution in [0.15, 0.2) is 0 Å². The summed E-state index contributed by atoms with van der Waals surface area (Å²) in [7, 11) is 1.75. The molecule has 86 valence electrons. The third-order valence-electron chi connectivity index (χ3n) is 2.33. The molecule has 0 saturated carbocycles. The molecule has 1 N–H and O–H groups in total. The number of methoxy groups -OCH3 is 1. The number of nitrogens with one attached hydrogen (secondary N) is 1. The minimum absolute atomic E-state index is 0.871. The Morgan fingerprint density at radius 1 is 1.27 bits per heavy atom. The number of hydrogen-bond donors (Lipinski definition) is 1. The molecule has 0 aliphatic carbocycles. The summed E-state index contributed by atoms with van der Waals surface area (Å²) in [5.41, 5.74) is 1.14. The van der Waals surface area contributed by atoms with Crippen LogP contribution < -0.4 is 5.32 Å². The quantitative estimate of drug-likeness (QED) is 0.728. The van der Waals surface area contributed by atoms with E-state index in [9.17, 15) is 0 Å². The molecule has 0 amide bonds. The van der Waals surface area contributed by atoms with E-state index >= 15 is 0 Å². The van der Waals surface area contributed by atoms with Gasteiger partial charge in [-0.05, 0) is 33.1 Å². The van der Waals surface area contributed by atoms with E-state index in [1.807, 2.05) is 0 Å². The first-order valence-electron chi connectivity index (χ1n) is 5.41. The first-order valence-corrected chi connectivity index (χ1v) is 6.22. The molecular formula is C11H20N2OS. The van der Waals surface area contributed by atoms with Crippen LogP contribution >= 0.6 is 11.3 Å². The van der Waals surface area contributed by atoms with E-state index in [1.54, 1.807) is 18.4 Å². The molecule has 0 spiro atoms. The van der Waals surface area contributed by atoms with E-state index in [2.05, 4.69) is 24.1 Å². The molecule has 0 unspecified atom stereocenters. The van der Waals surface area contributed by atoms with E-state index in [1.165, 1.54) is 17.7 Å². The maximum Gasteiger partial charge on any atom is 0.183 e. The molecule has 0 bridgehead atoms. The van der Waals surface area contributed by atoms with Crippen molar-refractivity contribution in [3.8, 4) is 0 Å². The summed E-state index contributed by atoms with van der Waals surface area (Å²) in [5.74, 6) is 0. The van der Waals surface area contributed by atoms with Crippen molar-refractivity contribution in [2.24, 2.45) is 0 Å². The van der Waals surface area contributed by atoms with Gasteiger partial charge in [-0.25, -0.2) is 4.98 Å². The van der Waals surface area contributed by atoms with Gasteiger partial charge in [-0.3, -0.25) is 0 Å². The summed E-state index contributed by atoms with van der Waals surface area (Å²) in [5, 5.41) is 4.40. The average molecular weight is 228 g/mol. The standard InChI is InChI=1S/C11H20N2OS/c1-9-10(2)15-11(13-9)12-7-5-4-6-8-14-3/h4-8H2,1-3H3,(H,12,13). The second-order valence-electron chi connectivity index (χ2n) is 3.64. The Bertz CT molecular complexity index is 267. The lowest BCUT2D eigenvalue weighted by Gasteiger charge is -2.02. The van der Waals surface area contributed by atoms with Crippen molar-refractivity contribution in [2.75, 3.05) is 25.6 Å². The molecule has 1 rings (SSSR count). The lowest BCUT2D eigenvalue weighted by molar-refractivity contribution is 0.192. The molecule has 0 saturated heterocycles. The number of aromatic nitrogens is 1. The minimum atomic E-state index is 0.871. The van der Waals surface area contributed by atoms with Crippen LogP contribution in [0.4, 0.5) is 5.13 Å². The maximum atomic E-state index is 5.00. The van der Waals surface area contributed by atoms with Gasteiger partial charge in [0.05, 0.1) is 5.69 Å². The van der Waals surface area contributed by atoms with Gasteiger partial charge >= 0.3 is 0 Å². The first kappa shape index (κ1) is 12.5. The number of ether oxygens (including phenoxy) is 1. The second kappa shape index (κ2) is 6.80. The number of hydrogen-bond acceptors (Lipinski definition) is 4. The van der Waals surface area contributed by atoms with Gasteiger partial charge in [-0.2, -0.15) is 0 Å². The van der Waals surface area contributed by atoms with E-state index in [0.29, 0.717) is 0 Å². The van der Waals surface area contributed by atoms with Crippen molar-refractivity contribution in [2.45, 2.75) is 33.1 Å². The van der Waals surface area contributed by atoms with Crippen LogP contribution in [0.2, 0.25) is 0 Å². The molecule has 0 atom stereocenters. The van der Waals surface area contributed by atoms with Gasteiger partial charge < -0.3 is 10.1 Å². The Morgan fingerprint density at radius 2 is 2.07 bits per heavy atom. The fourth-order valence-electron chi connectivity index (χ4n) is 1.29. The summed E-state index contributed by atoms with van der Waals surface area (Å²) in [6.45, 7) is 6.04. The highest BCUT2D eigenvalue weighted by atomic mass is 32.1. The largest absolute Gasteiger partial charge is 0.385 e. The van der Waals surface area contributed by atoms with Gasteiger partial charge in [0, 0.05) is 25.1 Å². The lowest BCUT2D eigenvalue weighted by Crippen LogP contribution is -2.01. The number of thiazole rings is 1. The first-order chi connectivity index (χ1) is 7.24. The number of nitrogens with zero attached hydrogens (tertiary/aromatic N) is 1. The van der Waals surface area contributed by atoms with Crippen LogP contribution in [0.5, 0.6) is 0 Å². The van der Waals surface area contributed by atoms with Crippen molar-refractivity contribution in [1.29, 1.82) is 0 Å². The number of rotatable bonds is 7. The Balaban J connectivity index is 2.10. The van der Waals surface area contributed by atoms with Crippen molar-refractivity contribution in [3.63, 3.8) is 0 Å². The molecule has 1 heterocycles. The van der Waals surface area contributed by atoms with Gasteiger partial charge in [0.1, 0.15) is 0 Å². The van der Waals surface area contributed by atoms with Gasteiger partial charge in [-0.1, -0.05) is 0 Å². The molecule has 1 aromatic rings. The van der Waals surface area contributed by atoms with Gasteiger partial charge in [0.25, 0.3) is 0 Å². The van der Waals surface area contributed by atoms with E-state index < -0.39 is 0 Å². The van der Waals surface area contributed by atoms with Crippen molar-refractivity contribution >= 4 is 16.5 Å². The highest BCUT2D eigenvalue weighted by molar-refractivity contribution is 7.15.